The number of rotatable bonds is 3. The number of halogens is 6. The van der Waals surface area contributed by atoms with Gasteiger partial charge in [0.25, 0.3) is 0 Å². The van der Waals surface area contributed by atoms with Gasteiger partial charge in [0, 0.05) is 5.56 Å². The zero-order chi connectivity index (χ0) is 17.3. The average molecular weight is 332 g/mol. The van der Waals surface area contributed by atoms with Crippen LogP contribution in [0.3, 0.4) is 0 Å². The molecular weight excluding hydrogens is 322 g/mol. The van der Waals surface area contributed by atoms with Gasteiger partial charge in [-0.25, -0.2) is 0 Å². The molecule has 0 aliphatic carbocycles. The van der Waals surface area contributed by atoms with Crippen molar-refractivity contribution in [3.63, 3.8) is 0 Å². The van der Waals surface area contributed by atoms with E-state index in [9.17, 15) is 31.1 Å². The van der Waals surface area contributed by atoms with Crippen LogP contribution >= 0.6 is 0 Å². The minimum absolute atomic E-state index is 0.0785. The van der Waals surface area contributed by atoms with E-state index >= 15 is 0 Å². The van der Waals surface area contributed by atoms with Crippen molar-refractivity contribution >= 4 is 6.29 Å². The number of alkyl halides is 6. The number of carbonyl (C=O) groups excluding carboxylic acids is 1. The second kappa shape index (κ2) is 6.06. The van der Waals surface area contributed by atoms with Gasteiger partial charge in [0.1, 0.15) is 6.29 Å². The van der Waals surface area contributed by atoms with E-state index in [1.54, 1.807) is 12.1 Å². The molecule has 7 heteroatoms. The molecule has 2 aromatic carbocycles. The van der Waals surface area contributed by atoms with Crippen LogP contribution in [-0.4, -0.2) is 6.29 Å². The summed E-state index contributed by atoms with van der Waals surface area (Å²) in [5.41, 5.74) is -2.33. The van der Waals surface area contributed by atoms with Gasteiger partial charge in [0.2, 0.25) is 0 Å². The minimum atomic E-state index is -4.89. The highest BCUT2D eigenvalue weighted by Crippen LogP contribution is 2.36. The maximum absolute atomic E-state index is 12.8. The molecule has 0 N–H and O–H groups in total. The highest BCUT2D eigenvalue weighted by molar-refractivity contribution is 5.77. The maximum atomic E-state index is 12.8. The van der Waals surface area contributed by atoms with Crippen LogP contribution in [0.15, 0.2) is 42.5 Å². The van der Waals surface area contributed by atoms with Gasteiger partial charge < -0.3 is 0 Å². The summed E-state index contributed by atoms with van der Waals surface area (Å²) >= 11 is 0. The van der Waals surface area contributed by atoms with Crippen molar-refractivity contribution in [2.24, 2.45) is 0 Å². The largest absolute Gasteiger partial charge is 0.416 e. The Morgan fingerprint density at radius 1 is 0.826 bits per heavy atom. The monoisotopic (exact) mass is 332 g/mol. The van der Waals surface area contributed by atoms with Gasteiger partial charge in [-0.2, -0.15) is 26.3 Å². The van der Waals surface area contributed by atoms with Crippen LogP contribution in [-0.2, 0) is 18.8 Å². The first-order valence-electron chi connectivity index (χ1n) is 6.42. The molecule has 0 unspecified atom stereocenters. The highest BCUT2D eigenvalue weighted by Gasteiger charge is 2.36. The van der Waals surface area contributed by atoms with Gasteiger partial charge in [-0.15, -0.1) is 0 Å². The molecule has 0 radical (unpaired) electrons. The van der Waals surface area contributed by atoms with E-state index in [4.69, 9.17) is 0 Å². The smallest absolute Gasteiger partial charge is 0.298 e. The van der Waals surface area contributed by atoms with Crippen LogP contribution in [0.25, 0.3) is 0 Å². The first-order chi connectivity index (χ1) is 10.6. The zero-order valence-electron chi connectivity index (χ0n) is 11.5. The summed E-state index contributed by atoms with van der Waals surface area (Å²) in [6.45, 7) is 0. The molecule has 2 aromatic rings. The average Bonchev–Trinajstić information content (AvgIpc) is 2.45. The lowest BCUT2D eigenvalue weighted by Crippen LogP contribution is -2.12. The molecule has 0 aliphatic heterocycles. The summed E-state index contributed by atoms with van der Waals surface area (Å²) in [7, 11) is 0. The molecule has 0 atom stereocenters. The molecule has 0 amide bonds. The molecule has 0 fully saturated rings. The molecule has 0 heterocycles. The third-order valence-electron chi connectivity index (χ3n) is 3.22. The molecule has 0 bridgehead atoms. The van der Waals surface area contributed by atoms with Crippen LogP contribution in [0.1, 0.15) is 32.6 Å². The Hall–Kier alpha value is -2.31. The van der Waals surface area contributed by atoms with Crippen molar-refractivity contribution in [1.82, 2.24) is 0 Å². The summed E-state index contributed by atoms with van der Waals surface area (Å²) in [6, 6.07) is 7.45. The second-order valence-electron chi connectivity index (χ2n) is 4.91. The number of aldehydes is 1. The normalized spacial score (nSPS) is 12.3. The standard InChI is InChI=1S/C16H10F6O/c17-15(18,19)13-6-10(7-14(8-13)16(20,21)22)5-11-3-1-2-4-12(11)9-23/h1-4,6-9H,5H2. The van der Waals surface area contributed by atoms with Crippen molar-refractivity contribution in [3.05, 3.63) is 70.3 Å². The molecule has 0 spiro atoms. The van der Waals surface area contributed by atoms with Crippen LogP contribution in [0, 0.1) is 0 Å². The Kier molecular flexibility index (Phi) is 4.49. The fourth-order valence-corrected chi connectivity index (χ4v) is 2.15. The third kappa shape index (κ3) is 4.12. The van der Waals surface area contributed by atoms with Crippen LogP contribution in [0.2, 0.25) is 0 Å². The Balaban J connectivity index is 2.51. The van der Waals surface area contributed by atoms with Gasteiger partial charge in [-0.3, -0.25) is 4.79 Å². The first kappa shape index (κ1) is 17.1. The van der Waals surface area contributed by atoms with Crippen molar-refractivity contribution in [1.29, 1.82) is 0 Å². The summed E-state index contributed by atoms with van der Waals surface area (Å²) in [4.78, 5) is 10.9. The second-order valence-corrected chi connectivity index (χ2v) is 4.91. The topological polar surface area (TPSA) is 17.1 Å². The van der Waals surface area contributed by atoms with E-state index in [1.165, 1.54) is 12.1 Å². The molecule has 0 saturated heterocycles. The molecule has 122 valence electrons. The van der Waals surface area contributed by atoms with Crippen LogP contribution in [0.5, 0.6) is 0 Å². The van der Waals surface area contributed by atoms with Crippen molar-refractivity contribution in [2.45, 2.75) is 18.8 Å². The Morgan fingerprint density at radius 3 is 1.83 bits per heavy atom. The highest BCUT2D eigenvalue weighted by atomic mass is 19.4. The predicted octanol–water partition coefficient (Wildman–Crippen LogP) is 5.13. The van der Waals surface area contributed by atoms with Gasteiger partial charge in [-0.05, 0) is 35.7 Å². The lowest BCUT2D eigenvalue weighted by atomic mass is 9.97. The summed E-state index contributed by atoms with van der Waals surface area (Å²) in [5.74, 6) is 0. The fourth-order valence-electron chi connectivity index (χ4n) is 2.15. The molecule has 0 aromatic heterocycles. The maximum Gasteiger partial charge on any atom is 0.416 e. The number of benzene rings is 2. The van der Waals surface area contributed by atoms with Gasteiger partial charge in [0.05, 0.1) is 11.1 Å². The van der Waals surface area contributed by atoms with Crippen molar-refractivity contribution in [2.75, 3.05) is 0 Å². The van der Waals surface area contributed by atoms with E-state index in [-0.39, 0.29) is 23.6 Å². The van der Waals surface area contributed by atoms with Gasteiger partial charge in [0.15, 0.2) is 0 Å². The number of hydrogen-bond acceptors (Lipinski definition) is 1. The number of carbonyl (C=O) groups is 1. The van der Waals surface area contributed by atoms with E-state index in [0.717, 1.165) is 0 Å². The molecule has 2 rings (SSSR count). The number of hydrogen-bond donors (Lipinski definition) is 0. The summed E-state index contributed by atoms with van der Waals surface area (Å²) in [5, 5.41) is 0. The lowest BCUT2D eigenvalue weighted by molar-refractivity contribution is -0.143. The van der Waals surface area contributed by atoms with Crippen molar-refractivity contribution < 1.29 is 31.1 Å². The Labute approximate surface area is 127 Å². The summed E-state index contributed by atoms with van der Waals surface area (Å²) < 4.78 is 76.8. The molecule has 23 heavy (non-hydrogen) atoms. The van der Waals surface area contributed by atoms with E-state index in [2.05, 4.69) is 0 Å². The molecular formula is C16H10F6O. The van der Waals surface area contributed by atoms with E-state index < -0.39 is 23.5 Å². The zero-order valence-corrected chi connectivity index (χ0v) is 11.5. The fraction of sp³-hybridized carbons (Fsp3) is 0.188. The molecule has 0 saturated carbocycles. The predicted molar refractivity (Wildman–Crippen MR) is 71.1 cm³/mol. The SMILES string of the molecule is O=Cc1ccccc1Cc1cc(C(F)(F)F)cc(C(F)(F)F)c1. The third-order valence-corrected chi connectivity index (χ3v) is 3.22. The van der Waals surface area contributed by atoms with Gasteiger partial charge in [-0.1, -0.05) is 24.3 Å². The Bertz CT molecular complexity index is 683. The molecule has 1 nitrogen and oxygen atoms in total. The van der Waals surface area contributed by atoms with Crippen LogP contribution < -0.4 is 0 Å². The Morgan fingerprint density at radius 2 is 1.35 bits per heavy atom. The molecule has 0 aliphatic rings. The lowest BCUT2D eigenvalue weighted by Gasteiger charge is -2.14. The quantitative estimate of drug-likeness (QED) is 0.563. The van der Waals surface area contributed by atoms with Crippen molar-refractivity contribution in [3.8, 4) is 0 Å². The summed E-state index contributed by atoms with van der Waals surface area (Å²) in [6.07, 6.45) is -9.48. The minimum Gasteiger partial charge on any atom is -0.298 e. The van der Waals surface area contributed by atoms with Gasteiger partial charge >= 0.3 is 12.4 Å². The van der Waals surface area contributed by atoms with Crippen LogP contribution in [0.4, 0.5) is 26.3 Å². The first-order valence-corrected chi connectivity index (χ1v) is 6.42. The van der Waals surface area contributed by atoms with E-state index in [1.807, 2.05) is 0 Å². The van der Waals surface area contributed by atoms with E-state index in [0.29, 0.717) is 24.0 Å².